The van der Waals surface area contributed by atoms with Gasteiger partial charge in [0, 0.05) is 0 Å². The summed E-state index contributed by atoms with van der Waals surface area (Å²) >= 11 is 0. The normalized spacial score (nSPS) is 15.6. The Morgan fingerprint density at radius 2 is 1.50 bits per heavy atom. The number of halogens is 1. The van der Waals surface area contributed by atoms with Gasteiger partial charge in [0.25, 0.3) is 0 Å². The van der Waals surface area contributed by atoms with Crippen LogP contribution in [0, 0.1) is 5.92 Å². The van der Waals surface area contributed by atoms with Crippen molar-refractivity contribution in [3.63, 3.8) is 0 Å². The molecule has 0 bridgehead atoms. The third kappa shape index (κ3) is 3.62. The van der Waals surface area contributed by atoms with Crippen molar-refractivity contribution in [1.29, 1.82) is 0 Å². The van der Waals surface area contributed by atoms with E-state index in [4.69, 9.17) is 0 Å². The number of hydrogen-bond donors (Lipinski definition) is 1. The molecule has 1 N–H and O–H groups in total. The Balaban J connectivity index is 0.00000147. The van der Waals surface area contributed by atoms with Crippen LogP contribution in [0.2, 0.25) is 0 Å². The molecule has 1 saturated heterocycles. The molecule has 0 aromatic heterocycles. The van der Waals surface area contributed by atoms with E-state index in [1.165, 1.54) is 49.0 Å². The minimum absolute atomic E-state index is 0. The first-order valence-electron chi connectivity index (χ1n) is 7.27. The maximum absolute atomic E-state index is 3.45. The summed E-state index contributed by atoms with van der Waals surface area (Å²) in [6.45, 7) is 2.36. The molecular formula is C18H22ClN. The second-order valence-electron chi connectivity index (χ2n) is 5.42. The van der Waals surface area contributed by atoms with Crippen LogP contribution in [-0.4, -0.2) is 13.1 Å². The second-order valence-corrected chi connectivity index (χ2v) is 5.42. The van der Waals surface area contributed by atoms with Crippen LogP contribution in [0.15, 0.2) is 54.6 Å². The van der Waals surface area contributed by atoms with E-state index in [2.05, 4.69) is 59.9 Å². The first-order chi connectivity index (χ1) is 9.43. The fraction of sp³-hybridized carbons (Fsp3) is 0.333. The predicted octanol–water partition coefficient (Wildman–Crippen LogP) is 4.32. The SMILES string of the molecule is Cl.c1ccc(-c2ccccc2CC2CCNCC2)cc1. The molecular weight excluding hydrogens is 266 g/mol. The van der Waals surface area contributed by atoms with Crippen LogP contribution in [0.25, 0.3) is 11.1 Å². The Bertz CT molecular complexity index is 518. The van der Waals surface area contributed by atoms with Crippen molar-refractivity contribution in [2.45, 2.75) is 19.3 Å². The van der Waals surface area contributed by atoms with E-state index in [0.717, 1.165) is 5.92 Å². The molecule has 0 saturated carbocycles. The minimum Gasteiger partial charge on any atom is -0.317 e. The van der Waals surface area contributed by atoms with E-state index in [9.17, 15) is 0 Å². The van der Waals surface area contributed by atoms with Crippen LogP contribution in [0.5, 0.6) is 0 Å². The molecule has 0 radical (unpaired) electrons. The van der Waals surface area contributed by atoms with E-state index in [1.54, 1.807) is 0 Å². The van der Waals surface area contributed by atoms with Crippen LogP contribution >= 0.6 is 12.4 Å². The number of rotatable bonds is 3. The Morgan fingerprint density at radius 1 is 0.850 bits per heavy atom. The molecule has 3 rings (SSSR count). The van der Waals surface area contributed by atoms with Crippen molar-refractivity contribution in [3.05, 3.63) is 60.2 Å². The highest BCUT2D eigenvalue weighted by molar-refractivity contribution is 5.85. The number of benzene rings is 2. The van der Waals surface area contributed by atoms with Gasteiger partial charge in [0.15, 0.2) is 0 Å². The van der Waals surface area contributed by atoms with Gasteiger partial charge in [-0.1, -0.05) is 54.6 Å². The third-order valence-electron chi connectivity index (χ3n) is 4.07. The summed E-state index contributed by atoms with van der Waals surface area (Å²) in [5.74, 6) is 0.839. The quantitative estimate of drug-likeness (QED) is 0.887. The molecule has 1 nitrogen and oxygen atoms in total. The van der Waals surface area contributed by atoms with E-state index < -0.39 is 0 Å². The third-order valence-corrected chi connectivity index (χ3v) is 4.07. The van der Waals surface area contributed by atoms with Crippen molar-refractivity contribution in [2.75, 3.05) is 13.1 Å². The van der Waals surface area contributed by atoms with Crippen LogP contribution < -0.4 is 5.32 Å². The lowest BCUT2D eigenvalue weighted by Crippen LogP contribution is -2.28. The van der Waals surface area contributed by atoms with Crippen molar-refractivity contribution in [3.8, 4) is 11.1 Å². The molecule has 2 aromatic rings. The lowest BCUT2D eigenvalue weighted by molar-refractivity contribution is 0.373. The summed E-state index contributed by atoms with van der Waals surface area (Å²) in [5.41, 5.74) is 4.24. The zero-order valence-electron chi connectivity index (χ0n) is 11.7. The first kappa shape index (κ1) is 15.1. The minimum atomic E-state index is 0. The van der Waals surface area contributed by atoms with E-state index in [1.807, 2.05) is 0 Å². The first-order valence-corrected chi connectivity index (χ1v) is 7.27. The molecule has 0 aliphatic carbocycles. The fourth-order valence-corrected chi connectivity index (χ4v) is 2.99. The average molecular weight is 288 g/mol. The molecule has 1 aliphatic rings. The Labute approximate surface area is 127 Å². The maximum atomic E-state index is 3.45. The summed E-state index contributed by atoms with van der Waals surface area (Å²) in [7, 11) is 0. The van der Waals surface area contributed by atoms with Gasteiger partial charge in [-0.15, -0.1) is 12.4 Å². The summed E-state index contributed by atoms with van der Waals surface area (Å²) in [5, 5.41) is 3.45. The van der Waals surface area contributed by atoms with E-state index in [0.29, 0.717) is 0 Å². The summed E-state index contributed by atoms with van der Waals surface area (Å²) < 4.78 is 0. The number of piperidine rings is 1. The van der Waals surface area contributed by atoms with Gasteiger partial charge < -0.3 is 5.32 Å². The van der Waals surface area contributed by atoms with Crippen LogP contribution in [-0.2, 0) is 6.42 Å². The van der Waals surface area contributed by atoms with E-state index >= 15 is 0 Å². The largest absolute Gasteiger partial charge is 0.317 e. The van der Waals surface area contributed by atoms with Gasteiger partial charge in [0.05, 0.1) is 0 Å². The molecule has 0 spiro atoms. The number of hydrogen-bond acceptors (Lipinski definition) is 1. The fourth-order valence-electron chi connectivity index (χ4n) is 2.99. The highest BCUT2D eigenvalue weighted by Crippen LogP contribution is 2.27. The van der Waals surface area contributed by atoms with Gasteiger partial charge in [-0.25, -0.2) is 0 Å². The molecule has 106 valence electrons. The average Bonchev–Trinajstić information content (AvgIpc) is 2.50. The van der Waals surface area contributed by atoms with E-state index in [-0.39, 0.29) is 12.4 Å². The Kier molecular flexibility index (Phi) is 5.63. The van der Waals surface area contributed by atoms with Gasteiger partial charge in [0.1, 0.15) is 0 Å². The molecule has 0 unspecified atom stereocenters. The molecule has 2 aromatic carbocycles. The molecule has 1 heterocycles. The monoisotopic (exact) mass is 287 g/mol. The standard InChI is InChI=1S/C18H21N.ClH/c1-2-6-16(7-3-1)18-9-5-4-8-17(18)14-15-10-12-19-13-11-15;/h1-9,15,19H,10-14H2;1H. The smallest absolute Gasteiger partial charge is 0.00462 e. The predicted molar refractivity (Wildman–Crippen MR) is 88.4 cm³/mol. The molecule has 20 heavy (non-hydrogen) atoms. The molecule has 1 aliphatic heterocycles. The van der Waals surface area contributed by atoms with Crippen molar-refractivity contribution in [1.82, 2.24) is 5.32 Å². The highest BCUT2D eigenvalue weighted by Gasteiger charge is 2.15. The van der Waals surface area contributed by atoms with Crippen molar-refractivity contribution < 1.29 is 0 Å². The van der Waals surface area contributed by atoms with Crippen LogP contribution in [0.3, 0.4) is 0 Å². The van der Waals surface area contributed by atoms with Crippen molar-refractivity contribution >= 4 is 12.4 Å². The van der Waals surface area contributed by atoms with Crippen LogP contribution in [0.1, 0.15) is 18.4 Å². The zero-order valence-corrected chi connectivity index (χ0v) is 12.5. The lowest BCUT2D eigenvalue weighted by atomic mass is 9.87. The lowest BCUT2D eigenvalue weighted by Gasteiger charge is -2.23. The molecule has 1 fully saturated rings. The topological polar surface area (TPSA) is 12.0 Å². The molecule has 0 amide bonds. The Hall–Kier alpha value is -1.31. The highest BCUT2D eigenvalue weighted by atomic mass is 35.5. The van der Waals surface area contributed by atoms with Gasteiger partial charge >= 0.3 is 0 Å². The van der Waals surface area contributed by atoms with Crippen molar-refractivity contribution in [2.24, 2.45) is 5.92 Å². The Morgan fingerprint density at radius 3 is 2.25 bits per heavy atom. The summed E-state index contributed by atoms with van der Waals surface area (Å²) in [6, 6.07) is 19.6. The second kappa shape index (κ2) is 7.47. The zero-order chi connectivity index (χ0) is 12.9. The maximum Gasteiger partial charge on any atom is -0.00462 e. The molecule has 0 atom stereocenters. The van der Waals surface area contributed by atoms with Gasteiger partial charge in [-0.05, 0) is 55.0 Å². The molecule has 2 heteroatoms. The van der Waals surface area contributed by atoms with Gasteiger partial charge in [0.2, 0.25) is 0 Å². The number of nitrogens with one attached hydrogen (secondary N) is 1. The van der Waals surface area contributed by atoms with Gasteiger partial charge in [-0.2, -0.15) is 0 Å². The van der Waals surface area contributed by atoms with Gasteiger partial charge in [-0.3, -0.25) is 0 Å². The summed E-state index contributed by atoms with van der Waals surface area (Å²) in [6.07, 6.45) is 3.83. The summed E-state index contributed by atoms with van der Waals surface area (Å²) in [4.78, 5) is 0. The van der Waals surface area contributed by atoms with Crippen LogP contribution in [0.4, 0.5) is 0 Å².